The van der Waals surface area contributed by atoms with Gasteiger partial charge in [-0.05, 0) is 37.5 Å². The molecule has 166 valence electrons. The number of sulfonamides is 1. The van der Waals surface area contributed by atoms with Crippen molar-refractivity contribution in [1.82, 2.24) is 14.2 Å². The van der Waals surface area contributed by atoms with Crippen LogP contribution < -0.4 is 5.32 Å². The number of morpholine rings is 1. The third-order valence-electron chi connectivity index (χ3n) is 5.53. The second kappa shape index (κ2) is 9.03. The average Bonchev–Trinajstić information content (AvgIpc) is 3.46. The number of ether oxygens (including phenoxy) is 1. The van der Waals surface area contributed by atoms with E-state index in [1.165, 1.54) is 32.7 Å². The molecule has 2 saturated heterocycles. The first-order chi connectivity index (χ1) is 14.9. The van der Waals surface area contributed by atoms with E-state index in [9.17, 15) is 18.0 Å². The molecule has 2 fully saturated rings. The van der Waals surface area contributed by atoms with E-state index in [-0.39, 0.29) is 29.8 Å². The third-order valence-corrected chi connectivity index (χ3v) is 8.11. The van der Waals surface area contributed by atoms with E-state index in [0.717, 1.165) is 0 Å². The van der Waals surface area contributed by atoms with Gasteiger partial charge in [-0.25, -0.2) is 13.4 Å². The predicted octanol–water partition coefficient (Wildman–Crippen LogP) is 1.72. The van der Waals surface area contributed by atoms with Gasteiger partial charge in [0.15, 0.2) is 5.13 Å². The highest BCUT2D eigenvalue weighted by Gasteiger charge is 2.36. The van der Waals surface area contributed by atoms with E-state index in [4.69, 9.17) is 4.74 Å². The van der Waals surface area contributed by atoms with Gasteiger partial charge in [0.1, 0.15) is 6.04 Å². The molecule has 11 heteroatoms. The van der Waals surface area contributed by atoms with Crippen LogP contribution in [0.4, 0.5) is 5.13 Å². The zero-order valence-corrected chi connectivity index (χ0v) is 18.7. The highest BCUT2D eigenvalue weighted by molar-refractivity contribution is 7.89. The van der Waals surface area contributed by atoms with Gasteiger partial charge >= 0.3 is 0 Å². The lowest BCUT2D eigenvalue weighted by molar-refractivity contribution is -0.119. The molecule has 2 aliphatic rings. The Hall–Kier alpha value is -2.34. The Morgan fingerprint density at radius 2 is 2.00 bits per heavy atom. The van der Waals surface area contributed by atoms with Gasteiger partial charge in [-0.15, -0.1) is 11.3 Å². The van der Waals surface area contributed by atoms with Gasteiger partial charge in [-0.1, -0.05) is 6.07 Å². The molecule has 2 amide bonds. The number of benzene rings is 1. The smallest absolute Gasteiger partial charge is 0.254 e. The second-order valence-corrected chi connectivity index (χ2v) is 10.3. The number of carbonyl (C=O) groups is 2. The van der Waals surface area contributed by atoms with Crippen molar-refractivity contribution in [3.63, 3.8) is 0 Å². The van der Waals surface area contributed by atoms with Gasteiger partial charge in [0, 0.05) is 36.8 Å². The molecule has 0 spiro atoms. The minimum absolute atomic E-state index is 0.0753. The number of carbonyl (C=O) groups excluding carboxylic acids is 2. The fraction of sp³-hybridized carbons (Fsp3) is 0.450. The van der Waals surface area contributed by atoms with Crippen LogP contribution in [0.15, 0.2) is 34.7 Å². The summed E-state index contributed by atoms with van der Waals surface area (Å²) in [6, 6.07) is 3.97. The first-order valence-corrected chi connectivity index (χ1v) is 12.4. The molecule has 1 N–H and O–H groups in total. The number of thiazole rings is 1. The molecule has 0 aliphatic carbocycles. The maximum atomic E-state index is 13.3. The number of aromatic nitrogens is 1. The van der Waals surface area contributed by atoms with Crippen LogP contribution in [0.1, 0.15) is 28.8 Å². The lowest BCUT2D eigenvalue weighted by Gasteiger charge is -2.27. The minimum atomic E-state index is -3.73. The maximum Gasteiger partial charge on any atom is 0.254 e. The fourth-order valence-corrected chi connectivity index (χ4v) is 5.81. The van der Waals surface area contributed by atoms with Gasteiger partial charge in [0.05, 0.1) is 18.1 Å². The molecule has 3 heterocycles. The van der Waals surface area contributed by atoms with Crippen LogP contribution in [-0.2, 0) is 19.6 Å². The second-order valence-electron chi connectivity index (χ2n) is 7.48. The molecule has 2 aromatic rings. The van der Waals surface area contributed by atoms with Crippen LogP contribution >= 0.6 is 11.3 Å². The van der Waals surface area contributed by atoms with Gasteiger partial charge in [-0.3, -0.25) is 9.59 Å². The van der Waals surface area contributed by atoms with Crippen LogP contribution in [0.5, 0.6) is 0 Å². The molecule has 0 bridgehead atoms. The Kier molecular flexibility index (Phi) is 6.37. The molecule has 31 heavy (non-hydrogen) atoms. The van der Waals surface area contributed by atoms with Crippen molar-refractivity contribution in [2.45, 2.75) is 30.7 Å². The van der Waals surface area contributed by atoms with Crippen molar-refractivity contribution in [2.24, 2.45) is 0 Å². The Bertz CT molecular complexity index is 1070. The summed E-state index contributed by atoms with van der Waals surface area (Å²) in [6.45, 7) is 3.46. The van der Waals surface area contributed by atoms with Crippen molar-refractivity contribution < 1.29 is 22.7 Å². The fourth-order valence-electron chi connectivity index (χ4n) is 3.84. The first-order valence-electron chi connectivity index (χ1n) is 10.1. The summed E-state index contributed by atoms with van der Waals surface area (Å²) in [7, 11) is -3.73. The topological polar surface area (TPSA) is 109 Å². The van der Waals surface area contributed by atoms with Crippen molar-refractivity contribution in [3.8, 4) is 0 Å². The number of hydrogen-bond acceptors (Lipinski definition) is 7. The Morgan fingerprint density at radius 1 is 1.23 bits per heavy atom. The van der Waals surface area contributed by atoms with Gasteiger partial charge in [0.25, 0.3) is 5.91 Å². The highest BCUT2D eigenvalue weighted by Crippen LogP contribution is 2.26. The number of nitrogens with zero attached hydrogens (tertiary/aromatic N) is 3. The van der Waals surface area contributed by atoms with E-state index in [2.05, 4.69) is 10.3 Å². The zero-order chi connectivity index (χ0) is 22.0. The van der Waals surface area contributed by atoms with Crippen LogP contribution in [0.3, 0.4) is 0 Å². The monoisotopic (exact) mass is 464 g/mol. The maximum absolute atomic E-state index is 13.3. The Balaban J connectivity index is 1.57. The molecular weight excluding hydrogens is 440 g/mol. The van der Waals surface area contributed by atoms with Crippen molar-refractivity contribution in [1.29, 1.82) is 0 Å². The molecule has 1 atom stereocenters. The molecule has 1 aromatic carbocycles. The molecule has 2 aliphatic heterocycles. The van der Waals surface area contributed by atoms with E-state index in [1.54, 1.807) is 24.6 Å². The van der Waals surface area contributed by atoms with E-state index < -0.39 is 16.1 Å². The molecule has 9 nitrogen and oxygen atoms in total. The number of rotatable bonds is 5. The largest absolute Gasteiger partial charge is 0.379 e. The average molecular weight is 465 g/mol. The summed E-state index contributed by atoms with van der Waals surface area (Å²) in [4.78, 5) is 31.7. The molecule has 1 unspecified atom stereocenters. The van der Waals surface area contributed by atoms with Crippen molar-refractivity contribution >= 4 is 38.3 Å². The Morgan fingerprint density at radius 3 is 2.71 bits per heavy atom. The predicted molar refractivity (Wildman–Crippen MR) is 116 cm³/mol. The summed E-state index contributed by atoms with van der Waals surface area (Å²) in [5, 5.41) is 5.00. The number of aryl methyl sites for hydroxylation is 1. The lowest BCUT2D eigenvalue weighted by atomic mass is 10.1. The highest BCUT2D eigenvalue weighted by atomic mass is 32.2. The van der Waals surface area contributed by atoms with Crippen LogP contribution in [0, 0.1) is 6.92 Å². The van der Waals surface area contributed by atoms with E-state index in [1.807, 2.05) is 0 Å². The van der Waals surface area contributed by atoms with Crippen LogP contribution in [-0.4, -0.2) is 73.3 Å². The quantitative estimate of drug-likeness (QED) is 0.722. The van der Waals surface area contributed by atoms with Gasteiger partial charge < -0.3 is 15.0 Å². The third kappa shape index (κ3) is 4.49. The summed E-state index contributed by atoms with van der Waals surface area (Å²) in [5.41, 5.74) is 0.959. The molecule has 4 rings (SSSR count). The van der Waals surface area contributed by atoms with Gasteiger partial charge in [-0.2, -0.15) is 4.31 Å². The lowest BCUT2D eigenvalue weighted by Crippen LogP contribution is -2.43. The molecular formula is C20H24N4O5S2. The van der Waals surface area contributed by atoms with Crippen LogP contribution in [0.25, 0.3) is 0 Å². The van der Waals surface area contributed by atoms with Gasteiger partial charge in [0.2, 0.25) is 15.9 Å². The summed E-state index contributed by atoms with van der Waals surface area (Å²) in [6.07, 6.45) is 2.85. The SMILES string of the molecule is Cc1ccc(S(=O)(=O)N2CCOCC2)cc1C(=O)N1CCCC1C(=O)Nc1nccs1. The normalized spacial score (nSPS) is 20.0. The minimum Gasteiger partial charge on any atom is -0.379 e. The number of amides is 2. The van der Waals surface area contributed by atoms with Crippen molar-refractivity contribution in [3.05, 3.63) is 40.9 Å². The molecule has 0 radical (unpaired) electrons. The van der Waals surface area contributed by atoms with E-state index in [0.29, 0.717) is 48.9 Å². The Labute approximate surface area is 185 Å². The van der Waals surface area contributed by atoms with Crippen molar-refractivity contribution in [2.75, 3.05) is 38.2 Å². The van der Waals surface area contributed by atoms with Crippen LogP contribution in [0.2, 0.25) is 0 Å². The first kappa shape index (κ1) is 21.9. The summed E-state index contributed by atoms with van der Waals surface area (Å²) >= 11 is 1.31. The standard InChI is InChI=1S/C20H24N4O5S2/c1-14-4-5-15(31(27,28)23-8-10-29-11-9-23)13-16(14)19(26)24-7-2-3-17(24)18(25)22-20-21-6-12-30-20/h4-6,12-13,17H,2-3,7-11H2,1H3,(H,21,22,25). The van der Waals surface area contributed by atoms with E-state index >= 15 is 0 Å². The molecule has 1 aromatic heterocycles. The number of nitrogens with one attached hydrogen (secondary N) is 1. The summed E-state index contributed by atoms with van der Waals surface area (Å²) in [5.74, 6) is -0.621. The molecule has 0 saturated carbocycles. The number of hydrogen-bond donors (Lipinski definition) is 1. The summed E-state index contributed by atoms with van der Waals surface area (Å²) < 4.78 is 32.7. The number of anilines is 1. The number of likely N-dealkylation sites (tertiary alicyclic amines) is 1. The zero-order valence-electron chi connectivity index (χ0n) is 17.1.